The number of benzene rings is 2. The average Bonchev–Trinajstić information content (AvgIpc) is 2.54. The van der Waals surface area contributed by atoms with Crippen LogP contribution in [0.15, 0.2) is 54.6 Å². The van der Waals surface area contributed by atoms with Gasteiger partial charge in [0.1, 0.15) is 11.1 Å². The molecule has 2 aromatic carbocycles. The Labute approximate surface area is 138 Å². The fourth-order valence-electron chi connectivity index (χ4n) is 2.27. The first-order chi connectivity index (χ1) is 11.0. The van der Waals surface area contributed by atoms with Crippen LogP contribution in [0.3, 0.4) is 0 Å². The minimum Gasteiger partial charge on any atom is -0.340 e. The highest BCUT2D eigenvalue weighted by Crippen LogP contribution is 2.12. The molecule has 2 rings (SSSR count). The molecule has 0 fully saturated rings. The number of hydrogen-bond donors (Lipinski definition) is 0. The summed E-state index contributed by atoms with van der Waals surface area (Å²) in [5, 5.41) is -0.632. The first-order valence-corrected chi connectivity index (χ1v) is 8.76. The monoisotopic (exact) mass is 333 g/mol. The number of amides is 1. The fourth-order valence-corrected chi connectivity index (χ4v) is 3.44. The lowest BCUT2D eigenvalue weighted by molar-refractivity contribution is -0.129. The molecule has 0 aliphatic rings. The standard InChI is InChI=1S/C18H20FNO2S/c1-14(23(22)13-16-9-6-10-17(19)11-16)18(21)20(2)12-15-7-4-3-5-8-15/h3-11,14H,12-13H2,1-2H3/t14-,23-/m0/s1. The zero-order valence-electron chi connectivity index (χ0n) is 13.2. The van der Waals surface area contributed by atoms with Gasteiger partial charge in [0.25, 0.3) is 0 Å². The summed E-state index contributed by atoms with van der Waals surface area (Å²) in [7, 11) is 0.309. The predicted octanol–water partition coefficient (Wildman–Crippen LogP) is 3.12. The van der Waals surface area contributed by atoms with E-state index < -0.39 is 16.0 Å². The molecule has 122 valence electrons. The summed E-state index contributed by atoms with van der Waals surface area (Å²) in [6.07, 6.45) is 0. The van der Waals surface area contributed by atoms with Crippen LogP contribution >= 0.6 is 0 Å². The van der Waals surface area contributed by atoms with Crippen LogP contribution < -0.4 is 0 Å². The van der Waals surface area contributed by atoms with E-state index in [0.29, 0.717) is 12.1 Å². The van der Waals surface area contributed by atoms with Crippen LogP contribution in [-0.4, -0.2) is 27.3 Å². The quantitative estimate of drug-likeness (QED) is 0.814. The van der Waals surface area contributed by atoms with Gasteiger partial charge in [0.15, 0.2) is 0 Å². The second-order valence-electron chi connectivity index (χ2n) is 5.48. The molecule has 1 amide bonds. The van der Waals surface area contributed by atoms with Crippen LogP contribution in [0.1, 0.15) is 18.1 Å². The molecular weight excluding hydrogens is 313 g/mol. The molecule has 0 heterocycles. The zero-order valence-corrected chi connectivity index (χ0v) is 14.1. The van der Waals surface area contributed by atoms with E-state index in [9.17, 15) is 13.4 Å². The maximum atomic E-state index is 13.2. The Bertz CT molecular complexity index is 690. The minimum atomic E-state index is -1.39. The maximum absolute atomic E-state index is 13.2. The summed E-state index contributed by atoms with van der Waals surface area (Å²) in [5.41, 5.74) is 1.65. The Hall–Kier alpha value is -2.01. The predicted molar refractivity (Wildman–Crippen MR) is 90.6 cm³/mol. The van der Waals surface area contributed by atoms with E-state index in [1.165, 1.54) is 12.1 Å². The van der Waals surface area contributed by atoms with Gasteiger partial charge in [-0.15, -0.1) is 0 Å². The van der Waals surface area contributed by atoms with Crippen LogP contribution in [0, 0.1) is 5.82 Å². The molecule has 2 atom stereocenters. The SMILES string of the molecule is C[C@@H](C(=O)N(C)Cc1ccccc1)[S@@](=O)Cc1cccc(F)c1. The number of carbonyl (C=O) groups excluding carboxylic acids is 1. The molecule has 5 heteroatoms. The summed E-state index contributed by atoms with van der Waals surface area (Å²) in [4.78, 5) is 14.0. The van der Waals surface area contributed by atoms with E-state index in [1.807, 2.05) is 30.3 Å². The third-order valence-electron chi connectivity index (χ3n) is 3.58. The van der Waals surface area contributed by atoms with Crippen LogP contribution in [0.25, 0.3) is 0 Å². The Morgan fingerprint density at radius 1 is 1.13 bits per heavy atom. The van der Waals surface area contributed by atoms with Crippen molar-refractivity contribution < 1.29 is 13.4 Å². The normalized spacial score (nSPS) is 13.3. The van der Waals surface area contributed by atoms with Crippen molar-refractivity contribution in [2.75, 3.05) is 7.05 Å². The van der Waals surface area contributed by atoms with Gasteiger partial charge < -0.3 is 4.90 Å². The van der Waals surface area contributed by atoms with Crippen LogP contribution in [0.4, 0.5) is 4.39 Å². The van der Waals surface area contributed by atoms with Gasteiger partial charge >= 0.3 is 0 Å². The molecular formula is C18H20FNO2S. The highest BCUT2D eigenvalue weighted by atomic mass is 32.2. The molecule has 3 nitrogen and oxygen atoms in total. The minimum absolute atomic E-state index is 0.170. The third-order valence-corrected chi connectivity index (χ3v) is 5.19. The van der Waals surface area contributed by atoms with Crippen LogP contribution in [-0.2, 0) is 27.9 Å². The van der Waals surface area contributed by atoms with Crippen molar-refractivity contribution in [3.63, 3.8) is 0 Å². The van der Waals surface area contributed by atoms with E-state index in [0.717, 1.165) is 5.56 Å². The summed E-state index contributed by atoms with van der Waals surface area (Å²) < 4.78 is 25.5. The Morgan fingerprint density at radius 2 is 1.78 bits per heavy atom. The summed E-state index contributed by atoms with van der Waals surface area (Å²) in [6, 6.07) is 15.6. The fraction of sp³-hybridized carbons (Fsp3) is 0.278. The molecule has 0 aromatic heterocycles. The van der Waals surface area contributed by atoms with Crippen LogP contribution in [0.5, 0.6) is 0 Å². The molecule has 0 saturated carbocycles. The lowest BCUT2D eigenvalue weighted by Crippen LogP contribution is -2.37. The molecule has 0 unspecified atom stereocenters. The third kappa shape index (κ3) is 4.99. The van der Waals surface area contributed by atoms with Gasteiger partial charge in [-0.05, 0) is 30.2 Å². The van der Waals surface area contributed by atoms with E-state index in [-0.39, 0.29) is 17.5 Å². The van der Waals surface area contributed by atoms with Crippen molar-refractivity contribution in [1.82, 2.24) is 4.90 Å². The molecule has 23 heavy (non-hydrogen) atoms. The Balaban J connectivity index is 1.96. The maximum Gasteiger partial charge on any atom is 0.238 e. The first-order valence-electron chi connectivity index (χ1n) is 7.38. The summed E-state index contributed by atoms with van der Waals surface area (Å²) >= 11 is 0. The van der Waals surface area contributed by atoms with Gasteiger partial charge in [-0.1, -0.05) is 42.5 Å². The molecule has 0 radical (unpaired) electrons. The van der Waals surface area contributed by atoms with E-state index in [2.05, 4.69) is 0 Å². The Morgan fingerprint density at radius 3 is 2.43 bits per heavy atom. The second-order valence-corrected chi connectivity index (χ2v) is 7.23. The highest BCUT2D eigenvalue weighted by molar-refractivity contribution is 7.85. The lowest BCUT2D eigenvalue weighted by Gasteiger charge is -2.21. The highest BCUT2D eigenvalue weighted by Gasteiger charge is 2.23. The number of halogens is 1. The number of nitrogens with zero attached hydrogens (tertiary/aromatic N) is 1. The topological polar surface area (TPSA) is 37.4 Å². The lowest BCUT2D eigenvalue weighted by atomic mass is 10.2. The molecule has 0 saturated heterocycles. The molecule has 0 aliphatic heterocycles. The average molecular weight is 333 g/mol. The van der Waals surface area contributed by atoms with Gasteiger partial charge in [-0.2, -0.15) is 0 Å². The number of carbonyl (C=O) groups is 1. The Kier molecular flexibility index (Phi) is 6.04. The van der Waals surface area contributed by atoms with Crippen molar-refractivity contribution in [2.24, 2.45) is 0 Å². The van der Waals surface area contributed by atoms with Crippen molar-refractivity contribution in [2.45, 2.75) is 24.5 Å². The van der Waals surface area contributed by atoms with E-state index in [1.54, 1.807) is 31.0 Å². The molecule has 2 aromatic rings. The van der Waals surface area contributed by atoms with Crippen molar-refractivity contribution in [3.8, 4) is 0 Å². The molecule has 0 aliphatic carbocycles. The summed E-state index contributed by atoms with van der Waals surface area (Å²) in [5.74, 6) is -0.368. The van der Waals surface area contributed by atoms with Gasteiger partial charge in [0, 0.05) is 30.1 Å². The molecule has 0 N–H and O–H groups in total. The van der Waals surface area contributed by atoms with Crippen molar-refractivity contribution >= 4 is 16.7 Å². The molecule has 0 spiro atoms. The molecule has 0 bridgehead atoms. The number of hydrogen-bond acceptors (Lipinski definition) is 2. The van der Waals surface area contributed by atoms with Gasteiger partial charge in [-0.3, -0.25) is 9.00 Å². The van der Waals surface area contributed by atoms with Crippen molar-refractivity contribution in [1.29, 1.82) is 0 Å². The van der Waals surface area contributed by atoms with Crippen molar-refractivity contribution in [3.05, 3.63) is 71.5 Å². The second kappa shape index (κ2) is 8.02. The van der Waals surface area contributed by atoms with Gasteiger partial charge in [0.05, 0.1) is 0 Å². The first kappa shape index (κ1) is 17.3. The largest absolute Gasteiger partial charge is 0.340 e. The van der Waals surface area contributed by atoms with Crippen LogP contribution in [0.2, 0.25) is 0 Å². The number of rotatable bonds is 6. The zero-order chi connectivity index (χ0) is 16.8. The summed E-state index contributed by atoms with van der Waals surface area (Å²) in [6.45, 7) is 2.13. The van der Waals surface area contributed by atoms with E-state index in [4.69, 9.17) is 0 Å². The smallest absolute Gasteiger partial charge is 0.238 e. The van der Waals surface area contributed by atoms with Gasteiger partial charge in [-0.25, -0.2) is 4.39 Å². The van der Waals surface area contributed by atoms with E-state index >= 15 is 0 Å². The van der Waals surface area contributed by atoms with Gasteiger partial charge in [0.2, 0.25) is 5.91 Å².